The maximum absolute atomic E-state index is 13.5. The molecule has 1 atom stereocenters. The smallest absolute Gasteiger partial charge is 0.126 e. The third-order valence-electron chi connectivity index (χ3n) is 4.10. The lowest BCUT2D eigenvalue weighted by atomic mass is 9.97. The van der Waals surface area contributed by atoms with Gasteiger partial charge in [0.2, 0.25) is 0 Å². The van der Waals surface area contributed by atoms with Crippen LogP contribution < -0.4 is 0 Å². The molecular weight excluding hydrogens is 364 g/mol. The summed E-state index contributed by atoms with van der Waals surface area (Å²) in [5.41, 5.74) is 3.48. The topological polar surface area (TPSA) is 30.7 Å². The van der Waals surface area contributed by atoms with Gasteiger partial charge in [-0.25, -0.2) is 13.5 Å². The van der Waals surface area contributed by atoms with E-state index in [-0.39, 0.29) is 5.92 Å². The second-order valence-electron chi connectivity index (χ2n) is 5.64. The molecule has 0 radical (unpaired) electrons. The molecule has 0 bridgehead atoms. The van der Waals surface area contributed by atoms with E-state index in [9.17, 15) is 8.78 Å². The highest BCUT2D eigenvalue weighted by Crippen LogP contribution is 2.38. The summed E-state index contributed by atoms with van der Waals surface area (Å²) in [7, 11) is 0. The van der Waals surface area contributed by atoms with Crippen molar-refractivity contribution in [1.82, 2.24) is 14.8 Å². The molecule has 1 unspecified atom stereocenters. The van der Waals surface area contributed by atoms with E-state index in [4.69, 9.17) is 0 Å². The number of benzene rings is 1. The monoisotopic (exact) mass is 375 g/mol. The molecule has 0 saturated carbocycles. The van der Waals surface area contributed by atoms with Crippen LogP contribution in [0.5, 0.6) is 0 Å². The van der Waals surface area contributed by atoms with Crippen molar-refractivity contribution >= 4 is 15.9 Å². The molecule has 1 aliphatic rings. The fraction of sp³-hybridized carbons (Fsp3) is 0.176. The van der Waals surface area contributed by atoms with Gasteiger partial charge in [0.1, 0.15) is 11.6 Å². The summed E-state index contributed by atoms with van der Waals surface area (Å²) < 4.78 is 29.6. The maximum atomic E-state index is 13.5. The highest BCUT2D eigenvalue weighted by molar-refractivity contribution is 9.10. The van der Waals surface area contributed by atoms with Crippen LogP contribution in [0.3, 0.4) is 0 Å². The second kappa shape index (κ2) is 5.53. The zero-order valence-electron chi connectivity index (χ0n) is 12.0. The van der Waals surface area contributed by atoms with Crippen molar-refractivity contribution in [3.63, 3.8) is 0 Å². The summed E-state index contributed by atoms with van der Waals surface area (Å²) in [5.74, 6) is -1.18. The van der Waals surface area contributed by atoms with Gasteiger partial charge in [-0.1, -0.05) is 0 Å². The minimum absolute atomic E-state index is 0.0726. The number of nitrogens with zero attached hydrogens (tertiary/aromatic N) is 3. The Morgan fingerprint density at radius 2 is 1.87 bits per heavy atom. The van der Waals surface area contributed by atoms with E-state index in [1.54, 1.807) is 17.1 Å². The van der Waals surface area contributed by atoms with Crippen LogP contribution in [0.15, 0.2) is 47.3 Å². The first-order valence-electron chi connectivity index (χ1n) is 7.25. The summed E-state index contributed by atoms with van der Waals surface area (Å²) in [6, 6.07) is 5.60. The summed E-state index contributed by atoms with van der Waals surface area (Å²) in [5, 5.41) is 4.63. The Labute approximate surface area is 140 Å². The largest absolute Gasteiger partial charge is 0.261 e. The van der Waals surface area contributed by atoms with Crippen LogP contribution in [-0.2, 0) is 6.42 Å². The van der Waals surface area contributed by atoms with Gasteiger partial charge in [-0.3, -0.25) is 4.98 Å². The van der Waals surface area contributed by atoms with Crippen molar-refractivity contribution in [1.29, 1.82) is 0 Å². The minimum atomic E-state index is -0.552. The Morgan fingerprint density at radius 3 is 2.61 bits per heavy atom. The van der Waals surface area contributed by atoms with Crippen molar-refractivity contribution in [3.05, 3.63) is 75.8 Å². The predicted molar refractivity (Wildman–Crippen MR) is 85.6 cm³/mol. The van der Waals surface area contributed by atoms with Gasteiger partial charge >= 0.3 is 0 Å². The van der Waals surface area contributed by atoms with Gasteiger partial charge in [-0.15, -0.1) is 0 Å². The number of aromatic nitrogens is 3. The molecule has 23 heavy (non-hydrogen) atoms. The molecule has 2 aromatic heterocycles. The molecule has 3 nitrogen and oxygen atoms in total. The molecule has 4 rings (SSSR count). The zero-order valence-corrected chi connectivity index (χ0v) is 13.6. The van der Waals surface area contributed by atoms with Crippen molar-refractivity contribution < 1.29 is 8.78 Å². The molecule has 1 aromatic carbocycles. The van der Waals surface area contributed by atoms with Crippen molar-refractivity contribution in [2.45, 2.75) is 18.8 Å². The predicted octanol–water partition coefficient (Wildman–Crippen LogP) is 4.39. The van der Waals surface area contributed by atoms with E-state index in [1.165, 1.54) is 12.1 Å². The van der Waals surface area contributed by atoms with E-state index in [2.05, 4.69) is 26.0 Å². The second-order valence-corrected chi connectivity index (χ2v) is 6.56. The molecule has 0 spiro atoms. The van der Waals surface area contributed by atoms with Crippen LogP contribution in [-0.4, -0.2) is 14.8 Å². The molecule has 0 fully saturated rings. The summed E-state index contributed by atoms with van der Waals surface area (Å²) in [6.07, 6.45) is 7.06. The van der Waals surface area contributed by atoms with Gasteiger partial charge in [0.15, 0.2) is 0 Å². The molecule has 3 aromatic rings. The first-order valence-corrected chi connectivity index (χ1v) is 8.05. The molecule has 0 saturated heterocycles. The minimum Gasteiger partial charge on any atom is -0.261 e. The molecule has 1 aliphatic carbocycles. The third-order valence-corrected chi connectivity index (χ3v) is 4.53. The van der Waals surface area contributed by atoms with Crippen LogP contribution in [0.2, 0.25) is 0 Å². The maximum Gasteiger partial charge on any atom is 0.126 e. The van der Waals surface area contributed by atoms with Crippen LogP contribution in [0.1, 0.15) is 29.2 Å². The van der Waals surface area contributed by atoms with E-state index in [1.807, 2.05) is 12.3 Å². The molecule has 0 N–H and O–H groups in total. The fourth-order valence-corrected chi connectivity index (χ4v) is 3.46. The Bertz CT molecular complexity index is 871. The van der Waals surface area contributed by atoms with E-state index < -0.39 is 11.6 Å². The molecule has 0 aliphatic heterocycles. The zero-order chi connectivity index (χ0) is 16.0. The molecule has 6 heteroatoms. The summed E-state index contributed by atoms with van der Waals surface area (Å²) >= 11 is 3.39. The highest BCUT2D eigenvalue weighted by atomic mass is 79.9. The lowest BCUT2D eigenvalue weighted by Gasteiger charge is -2.10. The number of hydrogen-bond acceptors (Lipinski definition) is 2. The average Bonchev–Trinajstić information content (AvgIpc) is 3.06. The molecular formula is C17H12BrF2N3. The summed E-state index contributed by atoms with van der Waals surface area (Å²) in [4.78, 5) is 4.14. The standard InChI is InChI=1S/C17H12BrF2N3/c18-12-5-15(8-21-7-12)23-9-10-1-2-16(17(10)22-23)11-3-13(19)6-14(20)4-11/h3-9,16H,1-2H2. The fourth-order valence-electron chi connectivity index (χ4n) is 3.10. The Kier molecular flexibility index (Phi) is 3.49. The van der Waals surface area contributed by atoms with E-state index >= 15 is 0 Å². The Balaban J connectivity index is 1.74. The van der Waals surface area contributed by atoms with Crippen LogP contribution in [0.25, 0.3) is 5.69 Å². The van der Waals surface area contributed by atoms with Crippen LogP contribution >= 0.6 is 15.9 Å². The normalized spacial score (nSPS) is 16.6. The lowest BCUT2D eigenvalue weighted by Crippen LogP contribution is -2.03. The van der Waals surface area contributed by atoms with Gasteiger partial charge in [-0.05, 0) is 58.1 Å². The molecule has 116 valence electrons. The number of hydrogen-bond donors (Lipinski definition) is 0. The van der Waals surface area contributed by atoms with Gasteiger partial charge in [0.25, 0.3) is 0 Å². The van der Waals surface area contributed by atoms with Crippen molar-refractivity contribution in [2.24, 2.45) is 0 Å². The highest BCUT2D eigenvalue weighted by Gasteiger charge is 2.28. The Morgan fingerprint density at radius 1 is 1.09 bits per heavy atom. The Hall–Kier alpha value is -2.08. The SMILES string of the molecule is Fc1cc(F)cc(C2CCc3cn(-c4cncc(Br)c4)nc32)c1. The van der Waals surface area contributed by atoms with E-state index in [0.717, 1.165) is 40.3 Å². The lowest BCUT2D eigenvalue weighted by molar-refractivity contribution is 0.575. The number of halogens is 3. The molecule has 2 heterocycles. The quantitative estimate of drug-likeness (QED) is 0.665. The van der Waals surface area contributed by atoms with Gasteiger partial charge in [0, 0.05) is 28.9 Å². The van der Waals surface area contributed by atoms with Gasteiger partial charge < -0.3 is 0 Å². The number of rotatable bonds is 2. The van der Waals surface area contributed by atoms with Crippen molar-refractivity contribution in [3.8, 4) is 5.69 Å². The average molecular weight is 376 g/mol. The number of aryl methyl sites for hydroxylation is 1. The first-order chi connectivity index (χ1) is 11.1. The molecule has 0 amide bonds. The third kappa shape index (κ3) is 2.67. The number of fused-ring (bicyclic) bond motifs is 1. The van der Waals surface area contributed by atoms with Crippen LogP contribution in [0, 0.1) is 11.6 Å². The van der Waals surface area contributed by atoms with Gasteiger partial charge in [0.05, 0.1) is 17.6 Å². The van der Waals surface area contributed by atoms with Crippen molar-refractivity contribution in [2.75, 3.05) is 0 Å². The van der Waals surface area contributed by atoms with E-state index in [0.29, 0.717) is 5.56 Å². The van der Waals surface area contributed by atoms with Crippen LogP contribution in [0.4, 0.5) is 8.78 Å². The number of pyridine rings is 1. The van der Waals surface area contributed by atoms with Gasteiger partial charge in [-0.2, -0.15) is 5.10 Å². The first kappa shape index (κ1) is 14.5. The summed E-state index contributed by atoms with van der Waals surface area (Å²) in [6.45, 7) is 0.